The maximum absolute atomic E-state index is 14.0. The topological polar surface area (TPSA) is 155 Å². The van der Waals surface area contributed by atoms with Gasteiger partial charge in [0.2, 0.25) is 0 Å². The summed E-state index contributed by atoms with van der Waals surface area (Å²) in [6, 6.07) is 6.35. The minimum absolute atomic E-state index is 0.147. The first kappa shape index (κ1) is 22.7. The summed E-state index contributed by atoms with van der Waals surface area (Å²) in [7, 11) is -4.41. The van der Waals surface area contributed by atoms with Gasteiger partial charge in [-0.05, 0) is 6.07 Å². The lowest BCUT2D eigenvalue weighted by Gasteiger charge is -2.32. The van der Waals surface area contributed by atoms with Gasteiger partial charge < -0.3 is 25.2 Å². The monoisotopic (exact) mass is 479 g/mol. The van der Waals surface area contributed by atoms with Gasteiger partial charge in [-0.3, -0.25) is 13.6 Å². The minimum Gasteiger partial charge on any atom is -0.404 e. The Hall–Kier alpha value is -2.48. The van der Waals surface area contributed by atoms with Gasteiger partial charge in [0.25, 0.3) is 6.43 Å². The molecule has 2 aliphatic heterocycles. The van der Waals surface area contributed by atoms with Crippen molar-refractivity contribution in [3.8, 4) is 5.75 Å². The molecule has 0 amide bonds. The number of hydrogen-bond acceptors (Lipinski definition) is 10. The van der Waals surface area contributed by atoms with Gasteiger partial charge in [-0.2, -0.15) is 4.98 Å². The van der Waals surface area contributed by atoms with Crippen LogP contribution in [0, 0.1) is 5.82 Å². The summed E-state index contributed by atoms with van der Waals surface area (Å²) < 4.78 is 75.2. The molecular formula is C17H17F3N3O8P. The number of aromatic nitrogens is 2. The lowest BCUT2D eigenvalue weighted by atomic mass is 9.96. The third-order valence-corrected chi connectivity index (χ3v) is 6.35. The predicted octanol–water partition coefficient (Wildman–Crippen LogP) is 0.953. The van der Waals surface area contributed by atoms with Crippen molar-refractivity contribution < 1.29 is 46.3 Å². The van der Waals surface area contributed by atoms with E-state index in [-0.39, 0.29) is 12.4 Å². The Balaban J connectivity index is 1.59. The second-order valence-electron chi connectivity index (χ2n) is 7.06. The zero-order chi connectivity index (χ0) is 23.3. The molecule has 3 heterocycles. The summed E-state index contributed by atoms with van der Waals surface area (Å²) in [5.74, 6) is -1.80. The SMILES string of the molecule is Nc1nc(=O)n([C@@H]2O[C@@](COP3(=O)OCc4ccccc4O3)(C(F)F)[C@@H](O)[C@H]2O)cc1F. The summed E-state index contributed by atoms with van der Waals surface area (Å²) >= 11 is 0. The van der Waals surface area contributed by atoms with Crippen LogP contribution in [0.15, 0.2) is 35.3 Å². The number of anilines is 1. The number of phosphoric acid groups is 1. The molecule has 0 aliphatic carbocycles. The summed E-state index contributed by atoms with van der Waals surface area (Å²) in [5.41, 5.74) is 1.52. The fourth-order valence-electron chi connectivity index (χ4n) is 3.28. The zero-order valence-corrected chi connectivity index (χ0v) is 16.9. The number of aliphatic hydroxyl groups excluding tert-OH is 2. The van der Waals surface area contributed by atoms with Gasteiger partial charge in [0.1, 0.15) is 18.0 Å². The Morgan fingerprint density at radius 1 is 1.38 bits per heavy atom. The van der Waals surface area contributed by atoms with Crippen molar-refractivity contribution in [3.63, 3.8) is 0 Å². The number of aliphatic hydroxyl groups is 2. The van der Waals surface area contributed by atoms with Crippen molar-refractivity contribution >= 4 is 13.6 Å². The first-order valence-corrected chi connectivity index (χ1v) is 10.6. The van der Waals surface area contributed by atoms with Crippen LogP contribution >= 0.6 is 7.82 Å². The first-order valence-electron chi connectivity index (χ1n) is 9.09. The highest BCUT2D eigenvalue weighted by atomic mass is 31.2. The van der Waals surface area contributed by atoms with E-state index in [1.165, 1.54) is 6.07 Å². The second-order valence-corrected chi connectivity index (χ2v) is 8.65. The molecule has 2 aromatic rings. The van der Waals surface area contributed by atoms with Gasteiger partial charge in [-0.15, -0.1) is 0 Å². The molecule has 0 saturated carbocycles. The lowest BCUT2D eigenvalue weighted by molar-refractivity contribution is -0.194. The summed E-state index contributed by atoms with van der Waals surface area (Å²) in [6.07, 6.45) is -9.48. The van der Waals surface area contributed by atoms with Crippen molar-refractivity contribution in [3.05, 3.63) is 52.3 Å². The molecular weight excluding hydrogens is 462 g/mol. The van der Waals surface area contributed by atoms with E-state index in [9.17, 15) is 32.7 Å². The van der Waals surface area contributed by atoms with Crippen LogP contribution in [-0.4, -0.2) is 50.6 Å². The fourth-order valence-corrected chi connectivity index (χ4v) is 4.54. The highest BCUT2D eigenvalue weighted by molar-refractivity contribution is 7.49. The van der Waals surface area contributed by atoms with Crippen LogP contribution in [0.5, 0.6) is 5.75 Å². The van der Waals surface area contributed by atoms with Crippen molar-refractivity contribution in [2.45, 2.75) is 37.1 Å². The number of hydrogen-bond donors (Lipinski definition) is 3. The van der Waals surface area contributed by atoms with Crippen LogP contribution in [0.2, 0.25) is 0 Å². The van der Waals surface area contributed by atoms with E-state index < -0.39 is 62.2 Å². The smallest absolute Gasteiger partial charge is 0.404 e. The summed E-state index contributed by atoms with van der Waals surface area (Å²) in [6.45, 7) is -1.46. The molecule has 174 valence electrons. The highest BCUT2D eigenvalue weighted by Gasteiger charge is 2.62. The van der Waals surface area contributed by atoms with E-state index in [1.807, 2.05) is 0 Å². The first-order chi connectivity index (χ1) is 15.1. The maximum Gasteiger partial charge on any atom is 0.530 e. The third-order valence-electron chi connectivity index (χ3n) is 5.04. The van der Waals surface area contributed by atoms with Gasteiger partial charge in [-0.1, -0.05) is 18.2 Å². The molecule has 15 heteroatoms. The summed E-state index contributed by atoms with van der Waals surface area (Å²) in [4.78, 5) is 15.2. The Bertz CT molecular complexity index is 1130. The number of ether oxygens (including phenoxy) is 1. The molecule has 1 aromatic heterocycles. The van der Waals surface area contributed by atoms with Crippen molar-refractivity contribution in [1.82, 2.24) is 9.55 Å². The zero-order valence-electron chi connectivity index (χ0n) is 16.0. The molecule has 0 spiro atoms. The largest absolute Gasteiger partial charge is 0.530 e. The average molecular weight is 479 g/mol. The quantitative estimate of drug-likeness (QED) is 0.528. The predicted molar refractivity (Wildman–Crippen MR) is 99.2 cm³/mol. The molecule has 4 N–H and O–H groups in total. The highest BCUT2D eigenvalue weighted by Crippen LogP contribution is 2.56. The van der Waals surface area contributed by atoms with E-state index in [1.54, 1.807) is 18.2 Å². The number of nitrogen functional groups attached to an aromatic ring is 1. The number of phosphoric ester groups is 1. The van der Waals surface area contributed by atoms with E-state index in [4.69, 9.17) is 24.0 Å². The molecule has 5 atom stereocenters. The van der Waals surface area contributed by atoms with Gasteiger partial charge in [0, 0.05) is 5.56 Å². The van der Waals surface area contributed by atoms with Crippen LogP contribution in [0.25, 0.3) is 0 Å². The van der Waals surface area contributed by atoms with Crippen molar-refractivity contribution in [2.24, 2.45) is 0 Å². The number of halogens is 3. The van der Waals surface area contributed by atoms with E-state index in [0.29, 0.717) is 16.3 Å². The van der Waals surface area contributed by atoms with Crippen LogP contribution in [-0.2, 0) is 25.0 Å². The van der Waals surface area contributed by atoms with Crippen LogP contribution in [0.3, 0.4) is 0 Å². The Morgan fingerprint density at radius 3 is 2.81 bits per heavy atom. The number of rotatable bonds is 5. The number of fused-ring (bicyclic) bond motifs is 1. The Morgan fingerprint density at radius 2 is 2.09 bits per heavy atom. The van der Waals surface area contributed by atoms with Crippen molar-refractivity contribution in [1.29, 1.82) is 0 Å². The van der Waals surface area contributed by atoms with Crippen LogP contribution < -0.4 is 15.9 Å². The minimum atomic E-state index is -4.41. The molecule has 1 fully saturated rings. The third kappa shape index (κ3) is 3.78. The average Bonchev–Trinajstić information content (AvgIpc) is 3.01. The van der Waals surface area contributed by atoms with Crippen molar-refractivity contribution in [2.75, 3.05) is 12.3 Å². The molecule has 0 radical (unpaired) electrons. The molecule has 11 nitrogen and oxygen atoms in total. The lowest BCUT2D eigenvalue weighted by Crippen LogP contribution is -2.52. The molecule has 1 unspecified atom stereocenters. The van der Waals surface area contributed by atoms with Gasteiger partial charge in [-0.25, -0.2) is 22.5 Å². The normalized spacial score (nSPS) is 32.0. The number of nitrogens with zero attached hydrogens (tertiary/aromatic N) is 2. The number of para-hydroxylation sites is 1. The molecule has 2 aliphatic rings. The number of alkyl halides is 2. The summed E-state index contributed by atoms with van der Waals surface area (Å²) in [5, 5.41) is 20.6. The number of benzene rings is 1. The standard InChI is InChI=1S/C17H17F3N3O8P/c18-9-5-23(16(26)22-13(9)21)14-11(24)12(25)17(30-14,15(19)20)7-29-32(27)28-6-8-3-1-2-4-10(8)31-32/h1-5,11-12,14-15,24-25H,6-7H2,(H2,21,22,26)/t11-,12+,14-,17-,32?/m1/s1. The van der Waals surface area contributed by atoms with Crippen LogP contribution in [0.4, 0.5) is 19.0 Å². The molecule has 0 bridgehead atoms. The molecule has 1 aromatic carbocycles. The molecule has 4 rings (SSSR count). The van der Waals surface area contributed by atoms with Crippen LogP contribution in [0.1, 0.15) is 11.8 Å². The van der Waals surface area contributed by atoms with E-state index in [0.717, 1.165) is 0 Å². The molecule has 1 saturated heterocycles. The molecule has 32 heavy (non-hydrogen) atoms. The van der Waals surface area contributed by atoms with Gasteiger partial charge >= 0.3 is 13.5 Å². The van der Waals surface area contributed by atoms with Gasteiger partial charge in [0.05, 0.1) is 19.4 Å². The Labute approximate surface area is 177 Å². The van der Waals surface area contributed by atoms with E-state index in [2.05, 4.69) is 4.98 Å². The van der Waals surface area contributed by atoms with E-state index >= 15 is 0 Å². The van der Waals surface area contributed by atoms with Gasteiger partial charge in [0.15, 0.2) is 23.5 Å². The Kier molecular flexibility index (Phi) is 5.77. The maximum atomic E-state index is 14.0. The number of nitrogens with two attached hydrogens (primary N) is 1. The fraction of sp³-hybridized carbons (Fsp3) is 0.412. The second kappa shape index (κ2) is 8.14.